The highest BCUT2D eigenvalue weighted by molar-refractivity contribution is 5.88. The van der Waals surface area contributed by atoms with Crippen molar-refractivity contribution in [1.82, 2.24) is 15.1 Å². The van der Waals surface area contributed by atoms with Gasteiger partial charge in [-0.1, -0.05) is 18.2 Å². The predicted molar refractivity (Wildman–Crippen MR) is 81.5 cm³/mol. The van der Waals surface area contributed by atoms with Gasteiger partial charge in [-0.3, -0.25) is 10.00 Å². The molecule has 1 heterocycles. The van der Waals surface area contributed by atoms with E-state index in [1.807, 2.05) is 38.1 Å². The fourth-order valence-electron chi connectivity index (χ4n) is 1.83. The highest BCUT2D eigenvalue weighted by Gasteiger charge is 2.09. The fraction of sp³-hybridized carbons (Fsp3) is 0.333. The highest BCUT2D eigenvalue weighted by Crippen LogP contribution is 2.17. The molecule has 2 rings (SSSR count). The largest absolute Gasteiger partial charge is 0.489 e. The molecule has 0 aliphatic rings. The van der Waals surface area contributed by atoms with E-state index in [0.29, 0.717) is 12.4 Å². The van der Waals surface area contributed by atoms with E-state index < -0.39 is 0 Å². The second kappa shape index (κ2) is 6.78. The summed E-state index contributed by atoms with van der Waals surface area (Å²) in [5, 5.41) is 9.48. The van der Waals surface area contributed by atoms with Gasteiger partial charge in [-0.25, -0.2) is 4.79 Å². The Kier molecular flexibility index (Phi) is 4.81. The van der Waals surface area contributed by atoms with E-state index in [1.54, 1.807) is 24.0 Å². The summed E-state index contributed by atoms with van der Waals surface area (Å²) in [7, 11) is 1.79. The van der Waals surface area contributed by atoms with Crippen molar-refractivity contribution >= 4 is 11.8 Å². The van der Waals surface area contributed by atoms with Crippen molar-refractivity contribution in [2.45, 2.75) is 20.0 Å². The third-order valence-corrected chi connectivity index (χ3v) is 2.93. The number of nitrogens with one attached hydrogen (secondary N) is 2. The maximum atomic E-state index is 11.7. The lowest BCUT2D eigenvalue weighted by Crippen LogP contribution is -2.36. The van der Waals surface area contributed by atoms with E-state index in [0.717, 1.165) is 11.3 Å². The van der Waals surface area contributed by atoms with Crippen molar-refractivity contribution in [1.29, 1.82) is 0 Å². The van der Waals surface area contributed by atoms with E-state index in [1.165, 1.54) is 0 Å². The summed E-state index contributed by atoms with van der Waals surface area (Å²) in [4.78, 5) is 11.7. The van der Waals surface area contributed by atoms with Crippen LogP contribution in [0.3, 0.4) is 0 Å². The number of hydrogen-bond acceptors (Lipinski definition) is 3. The van der Waals surface area contributed by atoms with Crippen molar-refractivity contribution in [3.63, 3.8) is 0 Å². The summed E-state index contributed by atoms with van der Waals surface area (Å²) in [5.74, 6) is 1.35. The number of benzene rings is 1. The maximum absolute atomic E-state index is 11.7. The average Bonchev–Trinajstić information content (AvgIpc) is 2.84. The number of amides is 2. The Hall–Kier alpha value is -2.50. The number of nitrogens with zero attached hydrogens (tertiary/aromatic N) is 2. The number of urea groups is 1. The topological polar surface area (TPSA) is 68.2 Å². The molecule has 0 saturated carbocycles. The molecule has 2 aromatic rings. The highest BCUT2D eigenvalue weighted by atomic mass is 16.5. The third kappa shape index (κ3) is 4.52. The minimum atomic E-state index is -0.297. The summed E-state index contributed by atoms with van der Waals surface area (Å²) in [5.41, 5.74) is 1.07. The van der Waals surface area contributed by atoms with E-state index in [-0.39, 0.29) is 12.1 Å². The smallest absolute Gasteiger partial charge is 0.320 e. The Morgan fingerprint density at radius 3 is 2.81 bits per heavy atom. The number of ether oxygens (including phenoxy) is 1. The number of aromatic nitrogens is 2. The first-order valence-corrected chi connectivity index (χ1v) is 6.81. The van der Waals surface area contributed by atoms with Crippen LogP contribution in [0.5, 0.6) is 5.75 Å². The molecule has 112 valence electrons. The Morgan fingerprint density at radius 1 is 1.38 bits per heavy atom. The first-order chi connectivity index (χ1) is 10.0. The number of aryl methyl sites for hydroxylation is 2. The SMILES string of the molecule is Cc1ccccc1O[C@@H](C)CNC(=O)Nc1ccn(C)n1. The van der Waals surface area contributed by atoms with Crippen LogP contribution in [0.15, 0.2) is 36.5 Å². The average molecular weight is 288 g/mol. The van der Waals surface area contributed by atoms with Gasteiger partial charge in [0.2, 0.25) is 0 Å². The van der Waals surface area contributed by atoms with E-state index in [4.69, 9.17) is 4.74 Å². The molecule has 0 unspecified atom stereocenters. The van der Waals surface area contributed by atoms with Crippen LogP contribution in [0.1, 0.15) is 12.5 Å². The normalized spacial score (nSPS) is 11.8. The number of rotatable bonds is 5. The molecule has 0 aliphatic carbocycles. The Bertz CT molecular complexity index is 609. The van der Waals surface area contributed by atoms with Gasteiger partial charge in [0.25, 0.3) is 0 Å². The number of para-hydroxylation sites is 1. The molecule has 21 heavy (non-hydrogen) atoms. The van der Waals surface area contributed by atoms with Crippen LogP contribution in [-0.2, 0) is 7.05 Å². The fourth-order valence-corrected chi connectivity index (χ4v) is 1.83. The van der Waals surface area contributed by atoms with Crippen LogP contribution >= 0.6 is 0 Å². The summed E-state index contributed by atoms with van der Waals surface area (Å²) in [6.07, 6.45) is 1.64. The Balaban J connectivity index is 1.77. The second-order valence-electron chi connectivity index (χ2n) is 4.90. The molecule has 0 radical (unpaired) electrons. The van der Waals surface area contributed by atoms with Crippen molar-refractivity contribution in [2.24, 2.45) is 7.05 Å². The number of anilines is 1. The quantitative estimate of drug-likeness (QED) is 0.887. The molecule has 1 aromatic carbocycles. The van der Waals surface area contributed by atoms with E-state index >= 15 is 0 Å². The predicted octanol–water partition coefficient (Wildman–Crippen LogP) is 2.32. The van der Waals surface area contributed by atoms with Gasteiger partial charge in [0.05, 0.1) is 6.54 Å². The molecule has 6 heteroatoms. The van der Waals surface area contributed by atoms with E-state index in [2.05, 4.69) is 15.7 Å². The molecule has 0 saturated heterocycles. The monoisotopic (exact) mass is 288 g/mol. The molecular weight excluding hydrogens is 268 g/mol. The van der Waals surface area contributed by atoms with Crippen LogP contribution in [0.25, 0.3) is 0 Å². The molecule has 0 spiro atoms. The van der Waals surface area contributed by atoms with Gasteiger partial charge in [-0.05, 0) is 25.5 Å². The zero-order valence-corrected chi connectivity index (χ0v) is 12.5. The van der Waals surface area contributed by atoms with Crippen molar-refractivity contribution in [2.75, 3.05) is 11.9 Å². The summed E-state index contributed by atoms with van der Waals surface area (Å²) in [6, 6.07) is 9.23. The first kappa shape index (κ1) is 14.9. The lowest BCUT2D eigenvalue weighted by Gasteiger charge is -2.16. The molecule has 1 aromatic heterocycles. The number of carbonyl (C=O) groups excluding carboxylic acids is 1. The molecule has 0 fully saturated rings. The first-order valence-electron chi connectivity index (χ1n) is 6.81. The molecule has 2 N–H and O–H groups in total. The van der Waals surface area contributed by atoms with Gasteiger partial charge in [0.15, 0.2) is 5.82 Å². The van der Waals surface area contributed by atoms with E-state index in [9.17, 15) is 4.79 Å². The van der Waals surface area contributed by atoms with Crippen LogP contribution in [0.2, 0.25) is 0 Å². The lowest BCUT2D eigenvalue weighted by molar-refractivity contribution is 0.211. The minimum Gasteiger partial charge on any atom is -0.489 e. The van der Waals surface area contributed by atoms with Gasteiger partial charge in [0.1, 0.15) is 11.9 Å². The number of hydrogen-bond donors (Lipinski definition) is 2. The van der Waals surface area contributed by atoms with Gasteiger partial charge >= 0.3 is 6.03 Å². The van der Waals surface area contributed by atoms with Gasteiger partial charge in [0, 0.05) is 19.3 Å². The lowest BCUT2D eigenvalue weighted by atomic mass is 10.2. The van der Waals surface area contributed by atoms with Crippen LogP contribution in [-0.4, -0.2) is 28.5 Å². The Labute approximate surface area is 124 Å². The molecule has 0 bridgehead atoms. The minimum absolute atomic E-state index is 0.124. The van der Waals surface area contributed by atoms with Gasteiger partial charge in [-0.2, -0.15) is 5.10 Å². The number of carbonyl (C=O) groups is 1. The van der Waals surface area contributed by atoms with Crippen LogP contribution in [0.4, 0.5) is 10.6 Å². The Morgan fingerprint density at radius 2 is 2.14 bits per heavy atom. The third-order valence-electron chi connectivity index (χ3n) is 2.93. The molecule has 0 aliphatic heterocycles. The van der Waals surface area contributed by atoms with Gasteiger partial charge in [-0.15, -0.1) is 0 Å². The zero-order valence-electron chi connectivity index (χ0n) is 12.5. The molecule has 6 nitrogen and oxygen atoms in total. The van der Waals surface area contributed by atoms with Crippen molar-refractivity contribution in [3.8, 4) is 5.75 Å². The molecule has 1 atom stereocenters. The van der Waals surface area contributed by atoms with Crippen LogP contribution in [0, 0.1) is 6.92 Å². The summed E-state index contributed by atoms with van der Waals surface area (Å²) in [6.45, 7) is 4.31. The van der Waals surface area contributed by atoms with Crippen molar-refractivity contribution < 1.29 is 9.53 Å². The molecular formula is C15H20N4O2. The molecule has 2 amide bonds. The zero-order chi connectivity index (χ0) is 15.2. The van der Waals surface area contributed by atoms with Gasteiger partial charge < -0.3 is 10.1 Å². The van der Waals surface area contributed by atoms with Crippen LogP contribution < -0.4 is 15.4 Å². The maximum Gasteiger partial charge on any atom is 0.320 e. The van der Waals surface area contributed by atoms with Crippen molar-refractivity contribution in [3.05, 3.63) is 42.1 Å². The summed E-state index contributed by atoms with van der Waals surface area (Å²) < 4.78 is 7.41. The standard InChI is InChI=1S/C15H20N4O2/c1-11-6-4-5-7-13(11)21-12(2)10-16-15(20)17-14-8-9-19(3)18-14/h4-9,12H,10H2,1-3H3,(H2,16,17,18,20)/t12-/m0/s1. The second-order valence-corrected chi connectivity index (χ2v) is 4.90. The summed E-state index contributed by atoms with van der Waals surface area (Å²) >= 11 is 0.